The smallest absolute Gasteiger partial charge is 0.293 e. The number of aromatic nitrogens is 1. The molecular weight excluding hydrogens is 354 g/mol. The van der Waals surface area contributed by atoms with E-state index in [-0.39, 0.29) is 17.2 Å². The number of hydrogen-bond acceptors (Lipinski definition) is 7. The highest BCUT2D eigenvalue weighted by atomic mass is 32.1. The highest BCUT2D eigenvalue weighted by Gasteiger charge is 2.24. The number of nitro benzene ring substituents is 1. The normalized spacial score (nSPS) is 15.1. The zero-order valence-electron chi connectivity index (χ0n) is 14.8. The molecule has 1 aliphatic heterocycles. The number of carbonyl (C=O) groups is 1. The number of rotatable bonds is 5. The third kappa shape index (κ3) is 4.17. The quantitative estimate of drug-likeness (QED) is 0.635. The van der Waals surface area contributed by atoms with Gasteiger partial charge in [-0.25, -0.2) is 4.98 Å². The summed E-state index contributed by atoms with van der Waals surface area (Å²) >= 11 is 1.52. The Bertz CT molecular complexity index is 814. The second-order valence-corrected chi connectivity index (χ2v) is 7.35. The van der Waals surface area contributed by atoms with Crippen molar-refractivity contribution in [3.63, 3.8) is 0 Å². The first-order valence-electron chi connectivity index (χ1n) is 8.35. The molecule has 1 saturated heterocycles. The largest absolute Gasteiger partial charge is 0.363 e. The van der Waals surface area contributed by atoms with Crippen LogP contribution in [0.25, 0.3) is 0 Å². The summed E-state index contributed by atoms with van der Waals surface area (Å²) in [6, 6.07) is 4.67. The zero-order valence-corrected chi connectivity index (χ0v) is 15.6. The van der Waals surface area contributed by atoms with Crippen LogP contribution in [0.1, 0.15) is 21.1 Å². The van der Waals surface area contributed by atoms with Crippen molar-refractivity contribution in [1.29, 1.82) is 0 Å². The van der Waals surface area contributed by atoms with Gasteiger partial charge in [0.05, 0.1) is 22.2 Å². The van der Waals surface area contributed by atoms with Gasteiger partial charge in [0.1, 0.15) is 5.69 Å². The molecule has 0 unspecified atom stereocenters. The maximum absolute atomic E-state index is 12.4. The molecule has 1 aliphatic rings. The Hall–Kier alpha value is -2.52. The van der Waals surface area contributed by atoms with E-state index < -0.39 is 4.92 Å². The van der Waals surface area contributed by atoms with Gasteiger partial charge in [0.2, 0.25) is 0 Å². The van der Waals surface area contributed by atoms with Crippen LogP contribution in [0.5, 0.6) is 0 Å². The van der Waals surface area contributed by atoms with E-state index in [9.17, 15) is 14.9 Å². The molecule has 0 bridgehead atoms. The summed E-state index contributed by atoms with van der Waals surface area (Å²) in [7, 11) is 2.03. The number of hydrogen-bond donors (Lipinski definition) is 1. The summed E-state index contributed by atoms with van der Waals surface area (Å²) < 4.78 is 0. The lowest BCUT2D eigenvalue weighted by Crippen LogP contribution is -2.44. The van der Waals surface area contributed by atoms with Crippen molar-refractivity contribution in [2.75, 3.05) is 38.1 Å². The minimum atomic E-state index is -0.422. The maximum atomic E-state index is 12.4. The van der Waals surface area contributed by atoms with E-state index in [0.29, 0.717) is 12.2 Å². The number of nitrogens with zero attached hydrogens (tertiary/aromatic N) is 4. The minimum Gasteiger partial charge on any atom is -0.363 e. The van der Waals surface area contributed by atoms with Gasteiger partial charge in [-0.05, 0) is 26.1 Å². The molecule has 26 heavy (non-hydrogen) atoms. The third-order valence-electron chi connectivity index (χ3n) is 4.37. The number of nitro groups is 1. The molecule has 1 N–H and O–H groups in total. The SMILES string of the molecule is Cc1nc(CNC(=O)c2ccc(N3CCN(C)CC3)c([N+](=O)[O-])c2)cs1. The standard InChI is InChI=1S/C17H21N5O3S/c1-12-19-14(11-26-12)10-18-17(23)13-3-4-15(16(9-13)22(24)25)21-7-5-20(2)6-8-21/h3-4,9,11H,5-8,10H2,1-2H3,(H,18,23). The Kier molecular flexibility index (Phi) is 5.48. The monoisotopic (exact) mass is 375 g/mol. The molecular formula is C17H21N5O3S. The highest BCUT2D eigenvalue weighted by molar-refractivity contribution is 7.09. The number of nitrogens with one attached hydrogen (secondary N) is 1. The summed E-state index contributed by atoms with van der Waals surface area (Å²) in [5.74, 6) is -0.344. The van der Waals surface area contributed by atoms with E-state index in [1.807, 2.05) is 24.3 Å². The van der Waals surface area contributed by atoms with Crippen LogP contribution in [-0.4, -0.2) is 53.9 Å². The summed E-state index contributed by atoms with van der Waals surface area (Å²) in [6.07, 6.45) is 0. The van der Waals surface area contributed by atoms with Gasteiger partial charge >= 0.3 is 0 Å². The average molecular weight is 375 g/mol. The van der Waals surface area contributed by atoms with Gasteiger partial charge in [-0.1, -0.05) is 0 Å². The molecule has 138 valence electrons. The van der Waals surface area contributed by atoms with Crippen molar-refractivity contribution in [2.45, 2.75) is 13.5 Å². The van der Waals surface area contributed by atoms with Crippen molar-refractivity contribution in [2.24, 2.45) is 0 Å². The summed E-state index contributed by atoms with van der Waals surface area (Å²) in [6.45, 7) is 5.37. The van der Waals surface area contributed by atoms with Crippen molar-refractivity contribution < 1.29 is 9.72 Å². The van der Waals surface area contributed by atoms with Crippen LogP contribution in [0.4, 0.5) is 11.4 Å². The molecule has 0 saturated carbocycles. The first kappa shape index (κ1) is 18.3. The van der Waals surface area contributed by atoms with E-state index >= 15 is 0 Å². The number of likely N-dealkylation sites (N-methyl/N-ethyl adjacent to an activating group) is 1. The number of anilines is 1. The molecule has 1 aromatic carbocycles. The lowest BCUT2D eigenvalue weighted by Gasteiger charge is -2.33. The predicted molar refractivity (Wildman–Crippen MR) is 101 cm³/mol. The van der Waals surface area contributed by atoms with Crippen molar-refractivity contribution in [3.8, 4) is 0 Å². The van der Waals surface area contributed by atoms with Crippen LogP contribution in [0.15, 0.2) is 23.6 Å². The van der Waals surface area contributed by atoms with Crippen LogP contribution in [-0.2, 0) is 6.54 Å². The topological polar surface area (TPSA) is 91.6 Å². The maximum Gasteiger partial charge on any atom is 0.293 e. The number of carbonyl (C=O) groups excluding carboxylic acids is 1. The first-order valence-corrected chi connectivity index (χ1v) is 9.23. The molecule has 1 fully saturated rings. The van der Waals surface area contributed by atoms with E-state index in [2.05, 4.69) is 15.2 Å². The van der Waals surface area contributed by atoms with Crippen molar-refractivity contribution >= 4 is 28.6 Å². The van der Waals surface area contributed by atoms with Gasteiger partial charge in [-0.2, -0.15) is 0 Å². The van der Waals surface area contributed by atoms with Gasteiger partial charge in [-0.15, -0.1) is 11.3 Å². The van der Waals surface area contributed by atoms with Crippen LogP contribution >= 0.6 is 11.3 Å². The molecule has 0 radical (unpaired) electrons. The minimum absolute atomic E-state index is 0.0355. The Morgan fingerprint density at radius 2 is 2.08 bits per heavy atom. The zero-order chi connectivity index (χ0) is 18.7. The lowest BCUT2D eigenvalue weighted by molar-refractivity contribution is -0.384. The first-order chi connectivity index (χ1) is 12.4. The fourth-order valence-electron chi connectivity index (χ4n) is 2.89. The van der Waals surface area contributed by atoms with Crippen molar-refractivity contribution in [1.82, 2.24) is 15.2 Å². The van der Waals surface area contributed by atoms with Gasteiger partial charge in [-0.3, -0.25) is 14.9 Å². The summed E-state index contributed by atoms with van der Waals surface area (Å²) in [4.78, 5) is 31.9. The van der Waals surface area contributed by atoms with Crippen LogP contribution < -0.4 is 10.2 Å². The Morgan fingerprint density at radius 1 is 1.35 bits per heavy atom. The lowest BCUT2D eigenvalue weighted by atomic mass is 10.1. The van der Waals surface area contributed by atoms with Gasteiger partial charge in [0.15, 0.2) is 0 Å². The molecule has 9 heteroatoms. The number of benzene rings is 1. The molecule has 0 aliphatic carbocycles. The highest BCUT2D eigenvalue weighted by Crippen LogP contribution is 2.30. The van der Waals surface area contributed by atoms with E-state index in [0.717, 1.165) is 36.9 Å². The molecule has 1 aromatic heterocycles. The van der Waals surface area contributed by atoms with Gasteiger partial charge in [0.25, 0.3) is 11.6 Å². The second-order valence-electron chi connectivity index (χ2n) is 6.29. The average Bonchev–Trinajstić information content (AvgIpc) is 3.05. The molecule has 8 nitrogen and oxygen atoms in total. The second kappa shape index (κ2) is 7.79. The van der Waals surface area contributed by atoms with Crippen molar-refractivity contribution in [3.05, 3.63) is 50.0 Å². The number of amides is 1. The molecule has 0 spiro atoms. The van der Waals surface area contributed by atoms with Gasteiger partial charge < -0.3 is 15.1 Å². The number of piperazine rings is 1. The fraction of sp³-hybridized carbons (Fsp3) is 0.412. The van der Waals surface area contributed by atoms with Crippen LogP contribution in [0.3, 0.4) is 0 Å². The predicted octanol–water partition coefficient (Wildman–Crippen LogP) is 2.04. The number of thiazole rings is 1. The Balaban J connectivity index is 1.75. The molecule has 3 rings (SSSR count). The summed E-state index contributed by atoms with van der Waals surface area (Å²) in [5.41, 5.74) is 1.59. The van der Waals surface area contributed by atoms with E-state index in [1.165, 1.54) is 17.4 Å². The molecule has 2 aromatic rings. The van der Waals surface area contributed by atoms with Crippen LogP contribution in [0.2, 0.25) is 0 Å². The molecule has 2 heterocycles. The van der Waals surface area contributed by atoms with Gasteiger partial charge in [0, 0.05) is 43.2 Å². The Morgan fingerprint density at radius 3 is 2.69 bits per heavy atom. The summed E-state index contributed by atoms with van der Waals surface area (Å²) in [5, 5.41) is 17.1. The van der Waals surface area contributed by atoms with Crippen LogP contribution in [0, 0.1) is 17.0 Å². The third-order valence-corrected chi connectivity index (χ3v) is 5.20. The number of aryl methyl sites for hydroxylation is 1. The Labute approximate surface area is 155 Å². The molecule has 0 atom stereocenters. The fourth-order valence-corrected chi connectivity index (χ4v) is 3.50. The van der Waals surface area contributed by atoms with E-state index in [4.69, 9.17) is 0 Å². The molecule has 1 amide bonds. The van der Waals surface area contributed by atoms with E-state index in [1.54, 1.807) is 12.1 Å².